The van der Waals surface area contributed by atoms with Gasteiger partial charge < -0.3 is 15.4 Å². The average Bonchev–Trinajstić information content (AvgIpc) is 3.69. The zero-order valence-corrected chi connectivity index (χ0v) is 33.1. The molecule has 310 valence electrons. The number of aromatic nitrogens is 5. The zero-order chi connectivity index (χ0) is 42.2. The molecule has 4 heterocycles. The van der Waals surface area contributed by atoms with Gasteiger partial charge in [0.1, 0.15) is 40.9 Å². The van der Waals surface area contributed by atoms with Crippen LogP contribution in [0.2, 0.25) is 5.02 Å². The second-order valence-corrected chi connectivity index (χ2v) is 17.2. The van der Waals surface area contributed by atoms with Crippen molar-refractivity contribution in [1.82, 2.24) is 35.2 Å². The Morgan fingerprint density at radius 1 is 1.10 bits per heavy atom. The van der Waals surface area contributed by atoms with Gasteiger partial charge in [0.2, 0.25) is 15.9 Å². The summed E-state index contributed by atoms with van der Waals surface area (Å²) in [6, 6.07) is 7.80. The number of aryl methyl sites for hydroxylation is 1. The number of carbonyl (C=O) groups excluding carboxylic acids is 1. The van der Waals surface area contributed by atoms with Crippen molar-refractivity contribution in [3.63, 3.8) is 0 Å². The molecule has 0 radical (unpaired) electrons. The van der Waals surface area contributed by atoms with Crippen molar-refractivity contribution in [3.8, 4) is 23.0 Å². The molecule has 8 rings (SSSR count). The number of hydrogen-bond donors (Lipinski definition) is 3. The van der Waals surface area contributed by atoms with Crippen LogP contribution < -0.4 is 15.4 Å². The number of benzene rings is 2. The minimum Gasteiger partial charge on any atom is -0.360 e. The van der Waals surface area contributed by atoms with Gasteiger partial charge >= 0.3 is 0 Å². The van der Waals surface area contributed by atoms with Crippen molar-refractivity contribution in [1.29, 1.82) is 0 Å². The number of carbonyl (C=O) groups is 1. The molecule has 12 nitrogen and oxygen atoms in total. The van der Waals surface area contributed by atoms with Crippen LogP contribution in [0.5, 0.6) is 0 Å². The molecule has 2 aliphatic carbocycles. The van der Waals surface area contributed by atoms with E-state index in [9.17, 15) is 30.8 Å². The molecular formula is C39H35ClF6N8O4S. The standard InChI is InChI=1S/C39H35ClF6N8O4S/c1-38(18-47-10-11-58-38)9-8-22-4-5-23(24-6-7-27(40)31-34(24)53(2)51-37(31)52-59(3,56)57)32(48-22)28(14-19-12-20(41)15-21(42)13-19)49-29(55)17-54-35-30(33(50-54)36(43)44)25-16-26(25)39(35,45)46/h4-7,12-13,15,25-26,28,36,47H,10-11,14,16-18H2,1-3H3,(H,49,55)(H,51,52)/t25-,26+,28?,38+/m0/s1. The third-order valence-corrected chi connectivity index (χ3v) is 11.4. The Hall–Kier alpha value is -5.16. The second-order valence-electron chi connectivity index (χ2n) is 15.1. The smallest absolute Gasteiger partial charge is 0.293 e. The first-order valence-corrected chi connectivity index (χ1v) is 20.6. The highest BCUT2D eigenvalue weighted by Crippen LogP contribution is 2.68. The Morgan fingerprint density at radius 2 is 1.83 bits per heavy atom. The molecule has 1 saturated carbocycles. The van der Waals surface area contributed by atoms with Gasteiger partial charge in [-0.05, 0) is 67.5 Å². The Morgan fingerprint density at radius 3 is 2.51 bits per heavy atom. The highest BCUT2D eigenvalue weighted by molar-refractivity contribution is 7.92. The quantitative estimate of drug-likeness (QED) is 0.113. The Bertz CT molecular complexity index is 2690. The van der Waals surface area contributed by atoms with E-state index in [4.69, 9.17) is 21.3 Å². The molecule has 3 aliphatic rings. The number of nitrogens with zero attached hydrogens (tertiary/aromatic N) is 5. The van der Waals surface area contributed by atoms with E-state index in [1.807, 2.05) is 0 Å². The summed E-state index contributed by atoms with van der Waals surface area (Å²) in [6.07, 6.45) is -2.51. The van der Waals surface area contributed by atoms with Gasteiger partial charge in [-0.15, -0.1) is 0 Å². The lowest BCUT2D eigenvalue weighted by molar-refractivity contribution is -0.123. The summed E-state index contributed by atoms with van der Waals surface area (Å²) >= 11 is 6.62. The lowest BCUT2D eigenvalue weighted by Crippen LogP contribution is -2.46. The number of pyridine rings is 1. The Balaban J connectivity index is 1.28. The number of amides is 1. The van der Waals surface area contributed by atoms with Gasteiger partial charge in [0.15, 0.2) is 5.82 Å². The largest absolute Gasteiger partial charge is 0.360 e. The van der Waals surface area contributed by atoms with E-state index in [0.717, 1.165) is 18.4 Å². The van der Waals surface area contributed by atoms with E-state index in [1.165, 1.54) is 10.7 Å². The topological polar surface area (TPSA) is 145 Å². The molecule has 2 fully saturated rings. The van der Waals surface area contributed by atoms with Gasteiger partial charge in [-0.1, -0.05) is 23.6 Å². The minimum absolute atomic E-state index is 0.0276. The number of nitrogens with one attached hydrogen (secondary N) is 3. The molecular weight excluding hydrogens is 826 g/mol. The van der Waals surface area contributed by atoms with Crippen LogP contribution in [0.15, 0.2) is 42.5 Å². The van der Waals surface area contributed by atoms with E-state index in [-0.39, 0.29) is 51.6 Å². The lowest BCUT2D eigenvalue weighted by Gasteiger charge is -2.29. The number of anilines is 1. The summed E-state index contributed by atoms with van der Waals surface area (Å²) in [6.45, 7) is 2.33. The summed E-state index contributed by atoms with van der Waals surface area (Å²) in [5, 5.41) is 14.4. The molecule has 2 aromatic carbocycles. The van der Waals surface area contributed by atoms with Crippen LogP contribution in [0.4, 0.5) is 32.2 Å². The van der Waals surface area contributed by atoms with Crippen LogP contribution in [0.3, 0.4) is 0 Å². The van der Waals surface area contributed by atoms with Crippen molar-refractivity contribution in [2.75, 3.05) is 30.7 Å². The first-order chi connectivity index (χ1) is 27.8. The van der Waals surface area contributed by atoms with E-state index in [0.29, 0.717) is 47.1 Å². The normalized spacial score (nSPS) is 21.1. The predicted octanol–water partition coefficient (Wildman–Crippen LogP) is 6.11. The van der Waals surface area contributed by atoms with Gasteiger partial charge in [-0.25, -0.2) is 31.0 Å². The maximum atomic E-state index is 15.5. The van der Waals surface area contributed by atoms with Gasteiger partial charge in [0.25, 0.3) is 12.3 Å². The summed E-state index contributed by atoms with van der Waals surface area (Å²) in [4.78, 5) is 18.9. The molecule has 1 amide bonds. The molecule has 0 bridgehead atoms. The molecule has 1 aliphatic heterocycles. The predicted molar refractivity (Wildman–Crippen MR) is 204 cm³/mol. The molecule has 3 N–H and O–H groups in total. The number of alkyl halides is 4. The fourth-order valence-corrected chi connectivity index (χ4v) is 8.75. The number of hydrogen-bond acceptors (Lipinski definition) is 8. The highest BCUT2D eigenvalue weighted by Gasteiger charge is 2.67. The molecule has 4 atom stereocenters. The third-order valence-electron chi connectivity index (χ3n) is 10.5. The van der Waals surface area contributed by atoms with Crippen molar-refractivity contribution in [2.24, 2.45) is 13.0 Å². The maximum Gasteiger partial charge on any atom is 0.293 e. The van der Waals surface area contributed by atoms with Crippen LogP contribution in [-0.2, 0) is 45.5 Å². The summed E-state index contributed by atoms with van der Waals surface area (Å²) in [7, 11) is -2.28. The summed E-state index contributed by atoms with van der Waals surface area (Å²) in [5.41, 5.74) is -1.34. The van der Waals surface area contributed by atoms with E-state index < -0.39 is 81.3 Å². The summed E-state index contributed by atoms with van der Waals surface area (Å²) < 4.78 is 123. The van der Waals surface area contributed by atoms with Crippen LogP contribution >= 0.6 is 11.6 Å². The Kier molecular flexibility index (Phi) is 10.2. The first-order valence-electron chi connectivity index (χ1n) is 18.4. The Labute approximate surface area is 338 Å². The number of fused-ring (bicyclic) bond motifs is 4. The molecule has 1 unspecified atom stereocenters. The van der Waals surface area contributed by atoms with Gasteiger partial charge in [0, 0.05) is 48.8 Å². The number of morpholine rings is 1. The number of halogens is 7. The molecule has 5 aromatic rings. The average molecular weight is 861 g/mol. The van der Waals surface area contributed by atoms with Crippen LogP contribution in [-0.4, -0.2) is 70.4 Å². The molecule has 1 saturated heterocycles. The lowest BCUT2D eigenvalue weighted by atomic mass is 9.93. The van der Waals surface area contributed by atoms with Crippen molar-refractivity contribution in [2.45, 2.75) is 56.2 Å². The van der Waals surface area contributed by atoms with Gasteiger partial charge in [0.05, 0.1) is 40.5 Å². The molecule has 59 heavy (non-hydrogen) atoms. The van der Waals surface area contributed by atoms with Crippen molar-refractivity contribution < 1.29 is 44.3 Å². The zero-order valence-electron chi connectivity index (χ0n) is 31.5. The fourth-order valence-electron chi connectivity index (χ4n) is 8.02. The van der Waals surface area contributed by atoms with Gasteiger partial charge in [-0.2, -0.15) is 19.0 Å². The fraction of sp³-hybridized carbons (Fsp3) is 0.385. The van der Waals surface area contributed by atoms with Crippen molar-refractivity contribution >= 4 is 44.3 Å². The minimum atomic E-state index is -3.82. The van der Waals surface area contributed by atoms with Crippen molar-refractivity contribution in [3.05, 3.63) is 93.0 Å². The first kappa shape index (κ1) is 40.6. The SMILES string of the molecule is Cn1nc(NS(C)(=O)=O)c2c(Cl)ccc(-c3ccc(C#C[C@]4(C)CNCCO4)nc3C(Cc3cc(F)cc(F)c3)NC(=O)Cn3nc(C(F)F)c4c3C(F)(F)[C@@H]3C[C@H]43)c21. The summed E-state index contributed by atoms with van der Waals surface area (Å²) in [5.74, 6) is -2.23. The van der Waals surface area contributed by atoms with E-state index in [1.54, 1.807) is 32.2 Å². The maximum absolute atomic E-state index is 15.5. The highest BCUT2D eigenvalue weighted by atomic mass is 35.5. The molecule has 0 spiro atoms. The van der Waals surface area contributed by atoms with Crippen LogP contribution in [0, 0.1) is 29.4 Å². The van der Waals surface area contributed by atoms with E-state index >= 15 is 8.78 Å². The van der Waals surface area contributed by atoms with Crippen LogP contribution in [0.25, 0.3) is 22.0 Å². The molecule has 3 aromatic heterocycles. The van der Waals surface area contributed by atoms with Crippen LogP contribution in [0.1, 0.15) is 65.6 Å². The van der Waals surface area contributed by atoms with Gasteiger partial charge in [-0.3, -0.25) is 18.9 Å². The number of sulfonamides is 1. The molecule has 20 heteroatoms. The number of rotatable bonds is 10. The monoisotopic (exact) mass is 860 g/mol. The van der Waals surface area contributed by atoms with E-state index in [2.05, 4.69) is 37.4 Å². The third kappa shape index (κ3) is 7.86. The second kappa shape index (κ2) is 14.8. The number of ether oxygens (including phenoxy) is 1.